The molecule has 1 aromatic carbocycles. The normalized spacial score (nSPS) is 14.3. The van der Waals surface area contributed by atoms with Gasteiger partial charge in [-0.15, -0.1) is 0 Å². The zero-order chi connectivity index (χ0) is 17.6. The van der Waals surface area contributed by atoms with Crippen LogP contribution in [0.3, 0.4) is 0 Å². The SMILES string of the molecule is CCO[P@](C)(=O)[C@H](C#N)C(=O)c1cc(OC)c(OC)c(OC)c1. The van der Waals surface area contributed by atoms with Crippen LogP contribution in [0.5, 0.6) is 17.2 Å². The monoisotopic (exact) mass is 341 g/mol. The molecule has 0 N–H and O–H groups in total. The Kier molecular flexibility index (Phi) is 6.62. The summed E-state index contributed by atoms with van der Waals surface area (Å²) in [5.74, 6) is 0.249. The van der Waals surface area contributed by atoms with Crippen LogP contribution in [0.15, 0.2) is 12.1 Å². The van der Waals surface area contributed by atoms with Gasteiger partial charge in [0, 0.05) is 12.2 Å². The van der Waals surface area contributed by atoms with Crippen molar-refractivity contribution in [1.82, 2.24) is 0 Å². The number of nitrogens with zero attached hydrogens (tertiary/aromatic N) is 1. The molecule has 0 bridgehead atoms. The first-order valence-corrected chi connectivity index (χ1v) is 8.95. The van der Waals surface area contributed by atoms with Gasteiger partial charge in [0.25, 0.3) is 0 Å². The predicted molar refractivity (Wildman–Crippen MR) is 85.0 cm³/mol. The average Bonchev–Trinajstić information content (AvgIpc) is 2.53. The Hall–Kier alpha value is -2.03. The van der Waals surface area contributed by atoms with Gasteiger partial charge in [-0.05, 0) is 19.1 Å². The van der Waals surface area contributed by atoms with E-state index < -0.39 is 18.8 Å². The van der Waals surface area contributed by atoms with E-state index in [1.165, 1.54) is 40.1 Å². The summed E-state index contributed by atoms with van der Waals surface area (Å²) >= 11 is 0. The van der Waals surface area contributed by atoms with Gasteiger partial charge in [0.1, 0.15) is 0 Å². The van der Waals surface area contributed by atoms with Gasteiger partial charge < -0.3 is 18.7 Å². The molecule has 1 aromatic rings. The van der Waals surface area contributed by atoms with E-state index >= 15 is 0 Å². The third-order valence-electron chi connectivity index (χ3n) is 3.17. The first-order chi connectivity index (χ1) is 10.9. The number of carbonyl (C=O) groups excluding carboxylic acids is 1. The number of methoxy groups -OCH3 is 3. The molecule has 126 valence electrons. The molecule has 0 aliphatic heterocycles. The number of hydrogen-bond acceptors (Lipinski definition) is 7. The molecule has 1 rings (SSSR count). The van der Waals surface area contributed by atoms with E-state index in [-0.39, 0.29) is 23.7 Å². The fraction of sp³-hybridized carbons (Fsp3) is 0.467. The highest BCUT2D eigenvalue weighted by Gasteiger charge is 2.36. The second kappa shape index (κ2) is 8.00. The summed E-state index contributed by atoms with van der Waals surface area (Å²) in [6.45, 7) is 3.07. The van der Waals surface area contributed by atoms with Crippen molar-refractivity contribution in [3.05, 3.63) is 17.7 Å². The average molecular weight is 341 g/mol. The summed E-state index contributed by atoms with van der Waals surface area (Å²) in [6, 6.07) is 4.61. The van der Waals surface area contributed by atoms with Gasteiger partial charge in [-0.3, -0.25) is 9.36 Å². The minimum absolute atomic E-state index is 0.132. The molecule has 0 spiro atoms. The van der Waals surface area contributed by atoms with Gasteiger partial charge in [-0.1, -0.05) is 0 Å². The summed E-state index contributed by atoms with van der Waals surface area (Å²) in [6.07, 6.45) is 0. The van der Waals surface area contributed by atoms with E-state index in [0.29, 0.717) is 5.75 Å². The second-order valence-electron chi connectivity index (χ2n) is 4.64. The maximum Gasteiger partial charge on any atom is 0.224 e. The van der Waals surface area contributed by atoms with Gasteiger partial charge in [0.15, 0.2) is 22.9 Å². The van der Waals surface area contributed by atoms with Crippen molar-refractivity contribution in [2.45, 2.75) is 12.6 Å². The molecule has 0 aliphatic carbocycles. The number of benzene rings is 1. The van der Waals surface area contributed by atoms with Crippen LogP contribution in [0, 0.1) is 11.3 Å². The van der Waals surface area contributed by atoms with Gasteiger partial charge in [-0.25, -0.2) is 0 Å². The molecule has 0 unspecified atom stereocenters. The zero-order valence-corrected chi connectivity index (χ0v) is 14.7. The first kappa shape index (κ1) is 19.0. The molecule has 0 saturated heterocycles. The van der Waals surface area contributed by atoms with Crippen LogP contribution in [0.2, 0.25) is 0 Å². The molecule has 0 aliphatic rings. The Morgan fingerprint density at radius 3 is 2.09 bits per heavy atom. The molecule has 0 radical (unpaired) electrons. The van der Waals surface area contributed by atoms with Crippen molar-refractivity contribution in [2.75, 3.05) is 34.6 Å². The first-order valence-electron chi connectivity index (χ1n) is 6.81. The highest BCUT2D eigenvalue weighted by atomic mass is 31.2. The molecule has 8 heteroatoms. The van der Waals surface area contributed by atoms with E-state index in [0.717, 1.165) is 0 Å². The van der Waals surface area contributed by atoms with Gasteiger partial charge >= 0.3 is 0 Å². The lowest BCUT2D eigenvalue weighted by Crippen LogP contribution is -2.20. The second-order valence-corrected chi connectivity index (χ2v) is 7.23. The van der Waals surface area contributed by atoms with Crippen molar-refractivity contribution in [3.63, 3.8) is 0 Å². The molecule has 23 heavy (non-hydrogen) atoms. The van der Waals surface area contributed by atoms with E-state index in [1.54, 1.807) is 13.0 Å². The Morgan fingerprint density at radius 1 is 1.22 bits per heavy atom. The summed E-state index contributed by atoms with van der Waals surface area (Å²) in [7, 11) is 0.856. The summed E-state index contributed by atoms with van der Waals surface area (Å²) in [4.78, 5) is 12.6. The number of ketones is 1. The number of rotatable bonds is 8. The number of hydrogen-bond donors (Lipinski definition) is 0. The molecule has 0 amide bonds. The third kappa shape index (κ3) is 4.04. The Bertz CT molecular complexity index is 641. The number of nitriles is 1. The van der Waals surface area contributed by atoms with Crippen molar-refractivity contribution in [3.8, 4) is 23.3 Å². The maximum atomic E-state index is 12.6. The highest BCUT2D eigenvalue weighted by molar-refractivity contribution is 7.60. The Morgan fingerprint density at radius 2 is 1.74 bits per heavy atom. The van der Waals surface area contributed by atoms with Crippen molar-refractivity contribution >= 4 is 13.2 Å². The predicted octanol–water partition coefficient (Wildman–Crippen LogP) is 2.73. The zero-order valence-electron chi connectivity index (χ0n) is 13.8. The van der Waals surface area contributed by atoms with E-state index in [4.69, 9.17) is 18.7 Å². The minimum Gasteiger partial charge on any atom is -0.493 e. The van der Waals surface area contributed by atoms with Crippen LogP contribution in [-0.4, -0.2) is 46.0 Å². The molecule has 7 nitrogen and oxygen atoms in total. The third-order valence-corrected chi connectivity index (χ3v) is 5.23. The molecule has 0 saturated carbocycles. The van der Waals surface area contributed by atoms with E-state index in [1.807, 2.05) is 0 Å². The number of Topliss-reactive ketones (excluding diaryl/α,β-unsaturated/α-hetero) is 1. The van der Waals surface area contributed by atoms with Crippen molar-refractivity contribution in [2.24, 2.45) is 0 Å². The van der Waals surface area contributed by atoms with Gasteiger partial charge in [0.05, 0.1) is 34.0 Å². The topological polar surface area (TPSA) is 94.9 Å². The Labute approximate surface area is 135 Å². The lowest BCUT2D eigenvalue weighted by Gasteiger charge is -2.18. The van der Waals surface area contributed by atoms with Crippen LogP contribution in [-0.2, 0) is 9.09 Å². The summed E-state index contributed by atoms with van der Waals surface area (Å²) < 4.78 is 33.1. The lowest BCUT2D eigenvalue weighted by atomic mass is 10.1. The number of carbonyl (C=O) groups is 1. The molecule has 0 fully saturated rings. The molecule has 2 atom stereocenters. The van der Waals surface area contributed by atoms with E-state index in [2.05, 4.69) is 0 Å². The minimum atomic E-state index is -3.41. The quantitative estimate of drug-likeness (QED) is 0.530. The molecular formula is C15H20NO6P. The van der Waals surface area contributed by atoms with Crippen molar-refractivity contribution in [1.29, 1.82) is 5.26 Å². The fourth-order valence-corrected chi connectivity index (χ4v) is 3.54. The van der Waals surface area contributed by atoms with Crippen LogP contribution in [0.25, 0.3) is 0 Å². The van der Waals surface area contributed by atoms with E-state index in [9.17, 15) is 14.6 Å². The largest absolute Gasteiger partial charge is 0.493 e. The molecule has 0 aromatic heterocycles. The smallest absolute Gasteiger partial charge is 0.224 e. The molecular weight excluding hydrogens is 321 g/mol. The lowest BCUT2D eigenvalue weighted by molar-refractivity contribution is 0.0995. The van der Waals surface area contributed by atoms with Crippen LogP contribution in [0.1, 0.15) is 17.3 Å². The number of ether oxygens (including phenoxy) is 3. The summed E-state index contributed by atoms with van der Waals surface area (Å²) in [5, 5.41) is 9.26. The highest BCUT2D eigenvalue weighted by Crippen LogP contribution is 2.49. The maximum absolute atomic E-state index is 12.6. The summed E-state index contributed by atoms with van der Waals surface area (Å²) in [5.41, 5.74) is -1.27. The van der Waals surface area contributed by atoms with Crippen LogP contribution in [0.4, 0.5) is 0 Å². The van der Waals surface area contributed by atoms with Crippen molar-refractivity contribution < 1.29 is 28.1 Å². The Balaban J connectivity index is 3.37. The van der Waals surface area contributed by atoms with Gasteiger partial charge in [-0.2, -0.15) is 5.26 Å². The fourth-order valence-electron chi connectivity index (χ4n) is 2.09. The molecule has 0 heterocycles. The van der Waals surface area contributed by atoms with Gasteiger partial charge in [0.2, 0.25) is 13.1 Å². The van der Waals surface area contributed by atoms with Crippen LogP contribution < -0.4 is 14.2 Å². The van der Waals surface area contributed by atoms with Crippen LogP contribution >= 0.6 is 7.37 Å². The standard InChI is InChI=1S/C15H20NO6P/c1-6-22-23(5,18)13(9-16)14(17)10-7-11(19-2)15(21-4)12(8-10)20-3/h7-8,13H,6H2,1-5H3/t13-,23+/m1/s1.